The second-order valence-electron chi connectivity index (χ2n) is 9.71. The van der Waals surface area contributed by atoms with Gasteiger partial charge in [-0.1, -0.05) is 54.2 Å². The number of methoxy groups -OCH3 is 1. The average molecular weight is 493 g/mol. The van der Waals surface area contributed by atoms with Crippen LogP contribution in [0.2, 0.25) is 0 Å². The zero-order valence-electron chi connectivity index (χ0n) is 20.9. The van der Waals surface area contributed by atoms with Crippen molar-refractivity contribution in [3.05, 3.63) is 71.0 Å². The summed E-state index contributed by atoms with van der Waals surface area (Å²) in [6.07, 6.45) is 4.88. The van der Waals surface area contributed by atoms with Gasteiger partial charge in [0.05, 0.1) is 19.8 Å². The third-order valence-corrected chi connectivity index (χ3v) is 8.27. The summed E-state index contributed by atoms with van der Waals surface area (Å²) >= 11 is 1.80. The molecule has 0 saturated carbocycles. The van der Waals surface area contributed by atoms with E-state index in [1.165, 1.54) is 23.1 Å². The fourth-order valence-electron chi connectivity index (χ4n) is 5.21. The Hall–Kier alpha value is -2.35. The van der Waals surface area contributed by atoms with E-state index in [1.54, 1.807) is 18.9 Å². The Morgan fingerprint density at radius 1 is 1.00 bits per heavy atom. The summed E-state index contributed by atoms with van der Waals surface area (Å²) in [5.74, 6) is 3.49. The number of aryl methyl sites for hydroxylation is 1. The summed E-state index contributed by atoms with van der Waals surface area (Å²) in [6.45, 7) is 6.96. The van der Waals surface area contributed by atoms with Crippen molar-refractivity contribution in [2.45, 2.75) is 62.9 Å². The number of hydrogen-bond donors (Lipinski definition) is 0. The predicted octanol–water partition coefficient (Wildman–Crippen LogP) is 5.29. The van der Waals surface area contributed by atoms with Crippen LogP contribution in [0.1, 0.15) is 54.1 Å². The highest BCUT2D eigenvalue weighted by Crippen LogP contribution is 2.32. The Balaban J connectivity index is 1.26. The third-order valence-electron chi connectivity index (χ3n) is 7.17. The molecule has 6 nitrogen and oxygen atoms in total. The highest BCUT2D eigenvalue weighted by Gasteiger charge is 2.27. The number of thioether (sulfide) groups is 1. The van der Waals surface area contributed by atoms with Gasteiger partial charge in [0.1, 0.15) is 11.6 Å². The fraction of sp³-hybridized carbons (Fsp3) is 0.500. The van der Waals surface area contributed by atoms with Crippen LogP contribution in [-0.2, 0) is 17.8 Å². The Kier molecular flexibility index (Phi) is 8.06. The summed E-state index contributed by atoms with van der Waals surface area (Å²) in [4.78, 5) is 2.56. The van der Waals surface area contributed by atoms with Gasteiger partial charge >= 0.3 is 0 Å². The molecule has 1 aromatic heterocycles. The first kappa shape index (κ1) is 24.3. The Labute approximate surface area is 213 Å². The summed E-state index contributed by atoms with van der Waals surface area (Å²) < 4.78 is 13.6. The first-order valence-corrected chi connectivity index (χ1v) is 13.8. The van der Waals surface area contributed by atoms with Gasteiger partial charge in [-0.25, -0.2) is 0 Å². The van der Waals surface area contributed by atoms with E-state index in [1.807, 2.05) is 0 Å². The topological polar surface area (TPSA) is 52.4 Å². The monoisotopic (exact) mass is 492 g/mol. The van der Waals surface area contributed by atoms with Crippen LogP contribution in [0.3, 0.4) is 0 Å². The van der Waals surface area contributed by atoms with Crippen molar-refractivity contribution >= 4 is 11.8 Å². The second kappa shape index (κ2) is 11.6. The maximum Gasteiger partial charge on any atom is 0.191 e. The van der Waals surface area contributed by atoms with E-state index in [2.05, 4.69) is 70.0 Å². The SMILES string of the molecule is COc1ccc(CN2CCC(c3nnc(SC[C@H]4CCCO4)n3Cc3ccccc3)CC2)cc1C. The molecule has 2 aliphatic rings. The number of likely N-dealkylation sites (tertiary alicyclic amines) is 1. The number of nitrogens with zero attached hydrogens (tertiary/aromatic N) is 4. The zero-order valence-corrected chi connectivity index (χ0v) is 21.7. The van der Waals surface area contributed by atoms with Crippen molar-refractivity contribution in [1.82, 2.24) is 19.7 Å². The van der Waals surface area contributed by atoms with E-state index in [4.69, 9.17) is 14.6 Å². The standard InChI is InChI=1S/C28H36N4O2S/c1-21-17-23(10-11-26(21)33-2)18-31-14-12-24(13-15-31)27-29-30-28(35-20-25-9-6-16-34-25)32(27)19-22-7-4-3-5-8-22/h3-5,7-8,10-11,17,24-25H,6,9,12-16,18-20H2,1-2H3/t25-/m1/s1. The van der Waals surface area contributed by atoms with Crippen molar-refractivity contribution in [2.75, 3.05) is 32.6 Å². The summed E-state index contributed by atoms with van der Waals surface area (Å²) in [7, 11) is 1.73. The lowest BCUT2D eigenvalue weighted by atomic mass is 9.95. The van der Waals surface area contributed by atoms with Gasteiger partial charge in [-0.3, -0.25) is 4.90 Å². The Morgan fingerprint density at radius 2 is 1.83 bits per heavy atom. The number of ether oxygens (including phenoxy) is 2. The molecular formula is C28H36N4O2S. The molecule has 3 heterocycles. The van der Waals surface area contributed by atoms with Gasteiger partial charge in [0.25, 0.3) is 0 Å². The Bertz CT molecular complexity index is 1090. The van der Waals surface area contributed by atoms with Gasteiger partial charge in [0.15, 0.2) is 5.16 Å². The molecule has 0 spiro atoms. The van der Waals surface area contributed by atoms with Crippen molar-refractivity contribution in [3.8, 4) is 5.75 Å². The van der Waals surface area contributed by atoms with Crippen LogP contribution in [0.15, 0.2) is 53.7 Å². The molecule has 2 saturated heterocycles. The first-order valence-electron chi connectivity index (χ1n) is 12.8. The molecule has 0 amide bonds. The predicted molar refractivity (Wildman–Crippen MR) is 140 cm³/mol. The van der Waals surface area contributed by atoms with Gasteiger partial charge in [-0.15, -0.1) is 10.2 Å². The maximum absolute atomic E-state index is 5.85. The molecule has 2 aromatic carbocycles. The van der Waals surface area contributed by atoms with E-state index in [-0.39, 0.29) is 0 Å². The molecule has 0 unspecified atom stereocenters. The van der Waals surface area contributed by atoms with Crippen molar-refractivity contribution in [3.63, 3.8) is 0 Å². The summed E-state index contributed by atoms with van der Waals surface area (Å²) in [5, 5.41) is 10.4. The van der Waals surface area contributed by atoms with Crippen LogP contribution in [0, 0.1) is 6.92 Å². The van der Waals surface area contributed by atoms with E-state index < -0.39 is 0 Å². The summed E-state index contributed by atoms with van der Waals surface area (Å²) in [6, 6.07) is 17.2. The minimum atomic E-state index is 0.343. The van der Waals surface area contributed by atoms with Crippen LogP contribution in [-0.4, -0.2) is 58.3 Å². The normalized spacial score (nSPS) is 19.3. The van der Waals surface area contributed by atoms with Crippen LogP contribution in [0.4, 0.5) is 0 Å². The highest BCUT2D eigenvalue weighted by molar-refractivity contribution is 7.99. The highest BCUT2D eigenvalue weighted by atomic mass is 32.2. The molecule has 1 atom stereocenters. The lowest BCUT2D eigenvalue weighted by Gasteiger charge is -2.32. The number of piperidine rings is 1. The number of aromatic nitrogens is 3. The number of hydrogen-bond acceptors (Lipinski definition) is 6. The molecule has 2 fully saturated rings. The molecule has 35 heavy (non-hydrogen) atoms. The second-order valence-corrected chi connectivity index (χ2v) is 10.7. The van der Waals surface area contributed by atoms with Crippen LogP contribution in [0.25, 0.3) is 0 Å². The van der Waals surface area contributed by atoms with Gasteiger partial charge in [0.2, 0.25) is 0 Å². The molecular weight excluding hydrogens is 456 g/mol. The smallest absolute Gasteiger partial charge is 0.191 e. The fourth-order valence-corrected chi connectivity index (χ4v) is 6.22. The van der Waals surface area contributed by atoms with E-state index in [9.17, 15) is 0 Å². The molecule has 0 N–H and O–H groups in total. The minimum absolute atomic E-state index is 0.343. The molecule has 0 bridgehead atoms. The van der Waals surface area contributed by atoms with E-state index in [0.29, 0.717) is 12.0 Å². The van der Waals surface area contributed by atoms with Gasteiger partial charge in [0, 0.05) is 24.8 Å². The molecule has 7 heteroatoms. The van der Waals surface area contributed by atoms with Crippen LogP contribution < -0.4 is 4.74 Å². The van der Waals surface area contributed by atoms with Crippen molar-refractivity contribution in [1.29, 1.82) is 0 Å². The lowest BCUT2D eigenvalue weighted by Crippen LogP contribution is -2.33. The average Bonchev–Trinajstić information content (AvgIpc) is 3.54. The molecule has 5 rings (SSSR count). The molecule has 0 aliphatic carbocycles. The van der Waals surface area contributed by atoms with Crippen LogP contribution >= 0.6 is 11.8 Å². The minimum Gasteiger partial charge on any atom is -0.496 e. The quantitative estimate of drug-likeness (QED) is 0.378. The van der Waals surface area contributed by atoms with Crippen LogP contribution in [0.5, 0.6) is 5.75 Å². The largest absolute Gasteiger partial charge is 0.496 e. The Morgan fingerprint density at radius 3 is 2.54 bits per heavy atom. The molecule has 0 radical (unpaired) electrons. The van der Waals surface area contributed by atoms with Gasteiger partial charge in [-0.05, 0) is 68.5 Å². The van der Waals surface area contributed by atoms with Gasteiger partial charge in [-0.2, -0.15) is 0 Å². The molecule has 3 aromatic rings. The summed E-state index contributed by atoms with van der Waals surface area (Å²) in [5.41, 5.74) is 3.84. The van der Waals surface area contributed by atoms with E-state index >= 15 is 0 Å². The zero-order chi connectivity index (χ0) is 24.0. The number of benzene rings is 2. The van der Waals surface area contributed by atoms with Crippen molar-refractivity contribution < 1.29 is 9.47 Å². The lowest BCUT2D eigenvalue weighted by molar-refractivity contribution is 0.129. The van der Waals surface area contributed by atoms with Crippen molar-refractivity contribution in [2.24, 2.45) is 0 Å². The number of rotatable bonds is 9. The molecule has 186 valence electrons. The molecule has 2 aliphatic heterocycles. The van der Waals surface area contributed by atoms with Gasteiger partial charge < -0.3 is 14.0 Å². The maximum atomic E-state index is 5.85. The third kappa shape index (κ3) is 6.08. The van der Waals surface area contributed by atoms with E-state index in [0.717, 1.165) is 74.5 Å². The first-order chi connectivity index (χ1) is 17.2.